The second kappa shape index (κ2) is 8.44. The molecule has 1 aliphatic rings. The molecule has 0 aliphatic heterocycles. The molecule has 0 radical (unpaired) electrons. The van der Waals surface area contributed by atoms with Crippen molar-refractivity contribution in [2.75, 3.05) is 26.2 Å². The van der Waals surface area contributed by atoms with E-state index in [1.807, 2.05) is 0 Å². The first-order valence-electron chi connectivity index (χ1n) is 8.78. The Kier molecular flexibility index (Phi) is 6.58. The van der Waals surface area contributed by atoms with E-state index in [1.54, 1.807) is 12.1 Å². The van der Waals surface area contributed by atoms with Crippen LogP contribution in [0.3, 0.4) is 0 Å². The lowest BCUT2D eigenvalue weighted by molar-refractivity contribution is -0.150. The summed E-state index contributed by atoms with van der Waals surface area (Å²) in [6, 6.07) is 6.34. The van der Waals surface area contributed by atoms with Crippen LogP contribution in [0.2, 0.25) is 0 Å². The molecule has 0 bridgehead atoms. The van der Waals surface area contributed by atoms with Gasteiger partial charge in [0.25, 0.3) is 0 Å². The zero-order valence-electron chi connectivity index (χ0n) is 14.3. The van der Waals surface area contributed by atoms with Crippen molar-refractivity contribution in [1.82, 2.24) is 4.90 Å². The van der Waals surface area contributed by atoms with Crippen LogP contribution in [-0.2, 0) is 14.9 Å². The van der Waals surface area contributed by atoms with E-state index in [4.69, 9.17) is 4.74 Å². The third-order valence-electron chi connectivity index (χ3n) is 4.99. The fourth-order valence-corrected chi connectivity index (χ4v) is 3.49. The van der Waals surface area contributed by atoms with Gasteiger partial charge in [-0.3, -0.25) is 4.79 Å². The zero-order chi connectivity index (χ0) is 16.7. The van der Waals surface area contributed by atoms with Gasteiger partial charge in [0.05, 0.1) is 12.0 Å². The maximum Gasteiger partial charge on any atom is 0.316 e. The van der Waals surface area contributed by atoms with Gasteiger partial charge in [-0.25, -0.2) is 4.39 Å². The molecular weight excluding hydrogens is 293 g/mol. The molecule has 2 rings (SSSR count). The number of rotatable bonds is 8. The van der Waals surface area contributed by atoms with E-state index >= 15 is 0 Å². The molecule has 0 heterocycles. The summed E-state index contributed by atoms with van der Waals surface area (Å²) in [5, 5.41) is 0. The molecule has 4 heteroatoms. The third kappa shape index (κ3) is 4.31. The minimum Gasteiger partial charge on any atom is -0.465 e. The van der Waals surface area contributed by atoms with Gasteiger partial charge < -0.3 is 9.64 Å². The minimum absolute atomic E-state index is 0.138. The Morgan fingerprint density at radius 3 is 2.35 bits per heavy atom. The number of hydrogen-bond donors (Lipinski definition) is 0. The van der Waals surface area contributed by atoms with Crippen LogP contribution in [0.15, 0.2) is 24.3 Å². The van der Waals surface area contributed by atoms with Gasteiger partial charge in [-0.2, -0.15) is 0 Å². The maximum atomic E-state index is 13.2. The van der Waals surface area contributed by atoms with Gasteiger partial charge in [0.15, 0.2) is 0 Å². The van der Waals surface area contributed by atoms with Crippen LogP contribution in [0, 0.1) is 5.82 Å². The van der Waals surface area contributed by atoms with Gasteiger partial charge in [0.1, 0.15) is 5.82 Å². The highest BCUT2D eigenvalue weighted by atomic mass is 19.1. The average molecular weight is 321 g/mol. The molecule has 1 aromatic rings. The van der Waals surface area contributed by atoms with E-state index in [9.17, 15) is 9.18 Å². The van der Waals surface area contributed by atoms with Crippen LogP contribution in [0.4, 0.5) is 4.39 Å². The van der Waals surface area contributed by atoms with Crippen LogP contribution >= 0.6 is 0 Å². The molecule has 0 amide bonds. The summed E-state index contributed by atoms with van der Waals surface area (Å²) in [5.74, 6) is -0.407. The molecule has 1 aromatic carbocycles. The Bertz CT molecular complexity index is 491. The first-order chi connectivity index (χ1) is 11.1. The highest BCUT2D eigenvalue weighted by Crippen LogP contribution is 2.42. The first-order valence-corrected chi connectivity index (χ1v) is 8.78. The number of carbonyl (C=O) groups is 1. The number of carbonyl (C=O) groups excluding carboxylic acids is 1. The number of hydrogen-bond acceptors (Lipinski definition) is 3. The summed E-state index contributed by atoms with van der Waals surface area (Å²) in [7, 11) is 0. The molecule has 3 nitrogen and oxygen atoms in total. The Balaban J connectivity index is 1.95. The molecule has 0 unspecified atom stereocenters. The van der Waals surface area contributed by atoms with Crippen LogP contribution < -0.4 is 0 Å². The minimum atomic E-state index is -0.567. The summed E-state index contributed by atoms with van der Waals surface area (Å²) in [5.41, 5.74) is 0.327. The molecular formula is C19H28FNO2. The second-order valence-corrected chi connectivity index (χ2v) is 6.31. The van der Waals surface area contributed by atoms with Crippen molar-refractivity contribution in [1.29, 1.82) is 0 Å². The molecule has 0 saturated heterocycles. The fourth-order valence-electron chi connectivity index (χ4n) is 3.49. The molecule has 0 atom stereocenters. The van der Waals surface area contributed by atoms with Crippen molar-refractivity contribution in [2.45, 2.75) is 51.4 Å². The molecule has 1 saturated carbocycles. The Morgan fingerprint density at radius 1 is 1.17 bits per heavy atom. The molecule has 0 aromatic heterocycles. The topological polar surface area (TPSA) is 29.5 Å². The Hall–Kier alpha value is -1.42. The second-order valence-electron chi connectivity index (χ2n) is 6.31. The molecule has 1 aliphatic carbocycles. The van der Waals surface area contributed by atoms with Gasteiger partial charge in [-0.1, -0.05) is 38.8 Å². The van der Waals surface area contributed by atoms with E-state index < -0.39 is 5.41 Å². The molecule has 1 fully saturated rings. The van der Waals surface area contributed by atoms with Crippen molar-refractivity contribution >= 4 is 5.97 Å². The number of halogens is 1. The summed E-state index contributed by atoms with van der Waals surface area (Å²) >= 11 is 0. The monoisotopic (exact) mass is 321 g/mol. The van der Waals surface area contributed by atoms with Crippen molar-refractivity contribution < 1.29 is 13.9 Å². The lowest BCUT2D eigenvalue weighted by Crippen LogP contribution is -2.35. The number of benzene rings is 1. The first kappa shape index (κ1) is 17.9. The number of esters is 1. The third-order valence-corrected chi connectivity index (χ3v) is 4.99. The smallest absolute Gasteiger partial charge is 0.316 e. The normalized spacial score (nSPS) is 16.7. The molecule has 23 heavy (non-hydrogen) atoms. The quantitative estimate of drug-likeness (QED) is 0.537. The summed E-state index contributed by atoms with van der Waals surface area (Å²) < 4.78 is 18.8. The Morgan fingerprint density at radius 2 is 1.78 bits per heavy atom. The fraction of sp³-hybridized carbons (Fsp3) is 0.632. The lowest BCUT2D eigenvalue weighted by Gasteiger charge is -2.27. The van der Waals surface area contributed by atoms with Gasteiger partial charge in [0.2, 0.25) is 0 Å². The zero-order valence-corrected chi connectivity index (χ0v) is 14.3. The van der Waals surface area contributed by atoms with Crippen molar-refractivity contribution in [2.24, 2.45) is 0 Å². The van der Waals surface area contributed by atoms with E-state index in [0.717, 1.165) is 57.3 Å². The van der Waals surface area contributed by atoms with Crippen LogP contribution in [-0.4, -0.2) is 37.1 Å². The van der Waals surface area contributed by atoms with Crippen molar-refractivity contribution in [3.8, 4) is 0 Å². The Labute approximate surface area is 138 Å². The maximum absolute atomic E-state index is 13.2. The average Bonchev–Trinajstić information content (AvgIpc) is 3.06. The number of ether oxygens (including phenoxy) is 1. The molecule has 128 valence electrons. The summed E-state index contributed by atoms with van der Waals surface area (Å²) in [6.45, 7) is 7.71. The standard InChI is InChI=1S/C19H28FNO2/c1-3-21(4-2)14-7-15-23-18(22)19(12-5-6-13-19)16-8-10-17(20)11-9-16/h8-11H,3-7,12-15H2,1-2H3. The largest absolute Gasteiger partial charge is 0.465 e. The van der Waals surface area contributed by atoms with Crippen molar-refractivity contribution in [3.63, 3.8) is 0 Å². The van der Waals surface area contributed by atoms with Gasteiger partial charge >= 0.3 is 5.97 Å². The van der Waals surface area contributed by atoms with Gasteiger partial charge in [0, 0.05) is 6.54 Å². The summed E-state index contributed by atoms with van der Waals surface area (Å²) in [4.78, 5) is 15.0. The van der Waals surface area contributed by atoms with Gasteiger partial charge in [-0.05, 0) is 50.0 Å². The highest BCUT2D eigenvalue weighted by molar-refractivity contribution is 5.83. The summed E-state index contributed by atoms with van der Waals surface area (Å²) in [6.07, 6.45) is 4.49. The highest BCUT2D eigenvalue weighted by Gasteiger charge is 2.44. The van der Waals surface area contributed by atoms with Crippen LogP contribution in [0.5, 0.6) is 0 Å². The number of nitrogens with zero attached hydrogens (tertiary/aromatic N) is 1. The van der Waals surface area contributed by atoms with Gasteiger partial charge in [-0.15, -0.1) is 0 Å². The van der Waals surface area contributed by atoms with E-state index in [2.05, 4.69) is 18.7 Å². The predicted octanol–water partition coefficient (Wildman–Crippen LogP) is 3.91. The lowest BCUT2D eigenvalue weighted by atomic mass is 9.79. The van der Waals surface area contributed by atoms with Crippen LogP contribution in [0.25, 0.3) is 0 Å². The van der Waals surface area contributed by atoms with Crippen LogP contribution in [0.1, 0.15) is 51.5 Å². The van der Waals surface area contributed by atoms with Crippen molar-refractivity contribution in [3.05, 3.63) is 35.6 Å². The SMILES string of the molecule is CCN(CC)CCCOC(=O)C1(c2ccc(F)cc2)CCCC1. The predicted molar refractivity (Wildman–Crippen MR) is 89.9 cm³/mol. The molecule has 0 N–H and O–H groups in total. The van der Waals surface area contributed by atoms with E-state index in [-0.39, 0.29) is 11.8 Å². The van der Waals surface area contributed by atoms with E-state index in [1.165, 1.54) is 12.1 Å². The molecule has 0 spiro atoms. The van der Waals surface area contributed by atoms with E-state index in [0.29, 0.717) is 6.61 Å².